The maximum atomic E-state index is 11.8. The van der Waals surface area contributed by atoms with E-state index in [1.807, 2.05) is 31.2 Å². The Labute approximate surface area is 116 Å². The third kappa shape index (κ3) is 1.95. The van der Waals surface area contributed by atoms with Gasteiger partial charge >= 0.3 is 5.97 Å². The molecule has 1 unspecified atom stereocenters. The van der Waals surface area contributed by atoms with E-state index in [0.717, 1.165) is 27.7 Å². The van der Waals surface area contributed by atoms with E-state index < -0.39 is 11.9 Å². The summed E-state index contributed by atoms with van der Waals surface area (Å²) in [4.78, 5) is 19.0. The average Bonchev–Trinajstić information content (AvgIpc) is 2.77. The van der Waals surface area contributed by atoms with Crippen LogP contribution in [0.1, 0.15) is 22.7 Å². The van der Waals surface area contributed by atoms with Crippen LogP contribution in [0, 0.1) is 6.92 Å². The lowest BCUT2D eigenvalue weighted by Crippen LogP contribution is -2.13. The van der Waals surface area contributed by atoms with Gasteiger partial charge < -0.3 is 10.1 Å². The van der Waals surface area contributed by atoms with E-state index in [4.69, 9.17) is 0 Å². The molecule has 1 atom stereocenters. The number of para-hydroxylation sites is 1. The van der Waals surface area contributed by atoms with Crippen LogP contribution >= 0.6 is 0 Å². The van der Waals surface area contributed by atoms with Gasteiger partial charge in [0.2, 0.25) is 0 Å². The van der Waals surface area contributed by atoms with E-state index in [0.29, 0.717) is 0 Å². The van der Waals surface area contributed by atoms with Crippen molar-refractivity contribution in [1.29, 1.82) is 0 Å². The molecule has 3 rings (SSSR count). The van der Waals surface area contributed by atoms with Crippen molar-refractivity contribution in [3.8, 4) is 0 Å². The molecule has 0 radical (unpaired) electrons. The van der Waals surface area contributed by atoms with Gasteiger partial charge in [-0.3, -0.25) is 9.78 Å². The number of hydrogen-bond acceptors (Lipinski definition) is 2. The molecule has 1 aromatic carbocycles. The van der Waals surface area contributed by atoms with Gasteiger partial charge in [-0.1, -0.05) is 18.2 Å². The number of carboxylic acid groups (broad SMARTS) is 1. The summed E-state index contributed by atoms with van der Waals surface area (Å²) in [5.41, 5.74) is 3.40. The highest BCUT2D eigenvalue weighted by atomic mass is 16.4. The van der Waals surface area contributed by atoms with Crippen LogP contribution in [-0.4, -0.2) is 21.0 Å². The maximum Gasteiger partial charge on any atom is 0.315 e. The molecule has 20 heavy (non-hydrogen) atoms. The Hall–Kier alpha value is -2.62. The van der Waals surface area contributed by atoms with Crippen molar-refractivity contribution in [3.63, 3.8) is 0 Å². The first-order valence-corrected chi connectivity index (χ1v) is 6.38. The SMILES string of the molecule is Cc1[nH]c2ccccc2c1C(C(=O)O)c1ccncc1. The molecular formula is C16H14N2O2. The molecule has 0 amide bonds. The quantitative estimate of drug-likeness (QED) is 0.765. The number of benzene rings is 1. The van der Waals surface area contributed by atoms with Crippen LogP contribution in [0.5, 0.6) is 0 Å². The predicted molar refractivity (Wildman–Crippen MR) is 76.8 cm³/mol. The van der Waals surface area contributed by atoms with Gasteiger partial charge in [0.15, 0.2) is 0 Å². The molecule has 0 bridgehead atoms. The van der Waals surface area contributed by atoms with Gasteiger partial charge in [-0.15, -0.1) is 0 Å². The van der Waals surface area contributed by atoms with Gasteiger partial charge in [-0.05, 0) is 36.2 Å². The van der Waals surface area contributed by atoms with Crippen molar-refractivity contribution in [2.45, 2.75) is 12.8 Å². The second-order valence-electron chi connectivity index (χ2n) is 4.76. The maximum absolute atomic E-state index is 11.8. The van der Waals surface area contributed by atoms with Crippen LogP contribution in [-0.2, 0) is 4.79 Å². The molecule has 0 aliphatic carbocycles. The summed E-state index contributed by atoms with van der Waals surface area (Å²) in [7, 11) is 0. The monoisotopic (exact) mass is 266 g/mol. The number of rotatable bonds is 3. The fourth-order valence-corrected chi connectivity index (χ4v) is 2.66. The highest BCUT2D eigenvalue weighted by Crippen LogP contribution is 2.33. The molecule has 4 heteroatoms. The van der Waals surface area contributed by atoms with Crippen LogP contribution < -0.4 is 0 Å². The van der Waals surface area contributed by atoms with E-state index in [1.54, 1.807) is 24.5 Å². The summed E-state index contributed by atoms with van der Waals surface area (Å²) in [5, 5.41) is 10.6. The van der Waals surface area contributed by atoms with Crippen molar-refractivity contribution in [3.05, 3.63) is 65.6 Å². The number of aliphatic carboxylic acids is 1. The minimum atomic E-state index is -0.857. The number of nitrogens with one attached hydrogen (secondary N) is 1. The Morgan fingerprint density at radius 2 is 1.90 bits per heavy atom. The molecule has 4 nitrogen and oxygen atoms in total. The zero-order valence-corrected chi connectivity index (χ0v) is 11.0. The molecule has 0 aliphatic rings. The number of carboxylic acids is 1. The molecule has 2 heterocycles. The topological polar surface area (TPSA) is 66.0 Å². The zero-order chi connectivity index (χ0) is 14.1. The number of fused-ring (bicyclic) bond motifs is 1. The summed E-state index contributed by atoms with van der Waals surface area (Å²) in [6, 6.07) is 11.3. The molecule has 0 fully saturated rings. The van der Waals surface area contributed by atoms with Crippen molar-refractivity contribution >= 4 is 16.9 Å². The number of pyridine rings is 1. The normalized spacial score (nSPS) is 12.4. The number of aromatic amines is 1. The smallest absolute Gasteiger partial charge is 0.315 e. The summed E-state index contributed by atoms with van der Waals surface area (Å²) >= 11 is 0. The first kappa shape index (κ1) is 12.4. The fourth-order valence-electron chi connectivity index (χ4n) is 2.66. The average molecular weight is 266 g/mol. The van der Waals surface area contributed by atoms with Crippen molar-refractivity contribution in [2.24, 2.45) is 0 Å². The number of H-pyrrole nitrogens is 1. The first-order valence-electron chi connectivity index (χ1n) is 6.38. The molecule has 0 spiro atoms. The van der Waals surface area contributed by atoms with Crippen LogP contribution in [0.2, 0.25) is 0 Å². The van der Waals surface area contributed by atoms with Crippen LogP contribution in [0.15, 0.2) is 48.8 Å². The van der Waals surface area contributed by atoms with E-state index in [9.17, 15) is 9.90 Å². The van der Waals surface area contributed by atoms with Gasteiger partial charge in [0.05, 0.1) is 0 Å². The molecule has 0 aliphatic heterocycles. The summed E-state index contributed by atoms with van der Waals surface area (Å²) in [5.74, 6) is -1.54. The minimum absolute atomic E-state index is 0.686. The summed E-state index contributed by atoms with van der Waals surface area (Å²) in [6.45, 7) is 1.91. The van der Waals surface area contributed by atoms with E-state index in [-0.39, 0.29) is 0 Å². The third-order valence-electron chi connectivity index (χ3n) is 3.52. The number of hydrogen-bond donors (Lipinski definition) is 2. The van der Waals surface area contributed by atoms with Gasteiger partial charge in [-0.2, -0.15) is 0 Å². The van der Waals surface area contributed by atoms with Gasteiger partial charge in [0.25, 0.3) is 0 Å². The molecule has 2 N–H and O–H groups in total. The molecule has 0 saturated carbocycles. The van der Waals surface area contributed by atoms with Gasteiger partial charge in [0, 0.05) is 29.0 Å². The Kier molecular flexibility index (Phi) is 2.99. The second kappa shape index (κ2) is 4.81. The van der Waals surface area contributed by atoms with Crippen molar-refractivity contribution in [2.75, 3.05) is 0 Å². The summed E-state index contributed by atoms with van der Waals surface area (Å²) in [6.07, 6.45) is 3.24. The van der Waals surface area contributed by atoms with E-state index in [1.165, 1.54) is 0 Å². The lowest BCUT2D eigenvalue weighted by Gasteiger charge is -2.13. The first-order chi connectivity index (χ1) is 9.68. The lowest BCUT2D eigenvalue weighted by molar-refractivity contribution is -0.137. The van der Waals surface area contributed by atoms with Crippen molar-refractivity contribution < 1.29 is 9.90 Å². The third-order valence-corrected chi connectivity index (χ3v) is 3.52. The standard InChI is InChI=1S/C16H14N2O2/c1-10-14(12-4-2-3-5-13(12)18-10)15(16(19)20)11-6-8-17-9-7-11/h2-9,15,18H,1H3,(H,19,20). The summed E-state index contributed by atoms with van der Waals surface area (Å²) < 4.78 is 0. The predicted octanol–water partition coefficient (Wildman–Crippen LogP) is 3.09. The highest BCUT2D eigenvalue weighted by Gasteiger charge is 2.26. The van der Waals surface area contributed by atoms with E-state index >= 15 is 0 Å². The lowest BCUT2D eigenvalue weighted by atomic mass is 9.90. The van der Waals surface area contributed by atoms with Crippen LogP contribution in [0.3, 0.4) is 0 Å². The van der Waals surface area contributed by atoms with Crippen LogP contribution in [0.25, 0.3) is 10.9 Å². The van der Waals surface area contributed by atoms with Crippen LogP contribution in [0.4, 0.5) is 0 Å². The number of aromatic nitrogens is 2. The zero-order valence-electron chi connectivity index (χ0n) is 11.0. The Balaban J connectivity index is 2.26. The van der Waals surface area contributed by atoms with Gasteiger partial charge in [-0.25, -0.2) is 0 Å². The number of nitrogens with zero attached hydrogens (tertiary/aromatic N) is 1. The Bertz CT molecular complexity index is 763. The van der Waals surface area contributed by atoms with Crippen molar-refractivity contribution in [1.82, 2.24) is 9.97 Å². The Morgan fingerprint density at radius 3 is 2.60 bits per heavy atom. The fraction of sp³-hybridized carbons (Fsp3) is 0.125. The highest BCUT2D eigenvalue weighted by molar-refractivity contribution is 5.92. The minimum Gasteiger partial charge on any atom is -0.481 e. The number of aryl methyl sites for hydroxylation is 1. The largest absolute Gasteiger partial charge is 0.481 e. The molecule has 0 saturated heterocycles. The second-order valence-corrected chi connectivity index (χ2v) is 4.76. The molecule has 2 aromatic heterocycles. The molecular weight excluding hydrogens is 252 g/mol. The number of carbonyl (C=O) groups is 1. The van der Waals surface area contributed by atoms with E-state index in [2.05, 4.69) is 9.97 Å². The Morgan fingerprint density at radius 1 is 1.20 bits per heavy atom. The van der Waals surface area contributed by atoms with Gasteiger partial charge in [0.1, 0.15) is 5.92 Å². The molecule has 3 aromatic rings. The molecule has 100 valence electrons.